The summed E-state index contributed by atoms with van der Waals surface area (Å²) in [5.41, 5.74) is 0. The minimum absolute atomic E-state index is 0. The van der Waals surface area contributed by atoms with Gasteiger partial charge in [-0.2, -0.15) is 27.7 Å². The third-order valence-corrected chi connectivity index (χ3v) is 0. The fourth-order valence-corrected chi connectivity index (χ4v) is 0. The van der Waals surface area contributed by atoms with Gasteiger partial charge in [0.2, 0.25) is 0 Å². The summed E-state index contributed by atoms with van der Waals surface area (Å²) in [6.07, 6.45) is 4.00. The van der Waals surface area contributed by atoms with Crippen molar-refractivity contribution >= 4 is 46.1 Å². The Kier molecular flexibility index (Phi) is 245. The Bertz CT molecular complexity index is 15.7. The molecule has 0 aliphatic carbocycles. The first-order chi connectivity index (χ1) is 2.83. The Morgan fingerprint density at radius 1 is 0.600 bits per heavy atom. The van der Waals surface area contributed by atoms with Crippen molar-refractivity contribution in [3.63, 3.8) is 0 Å². The van der Waals surface area contributed by atoms with Crippen LogP contribution in [0.25, 0.3) is 0 Å². The van der Waals surface area contributed by atoms with Gasteiger partial charge >= 0.3 is 46.1 Å². The van der Waals surface area contributed by atoms with Crippen LogP contribution in [0.1, 0.15) is 27.7 Å². The standard InChI is InChI=1S/2C3H7.2BrH.2Mg/c2*1-3-2;;;;/h2*3H,1-2H3;2*1H;;/q2*-1;;;2*+2/p-2. The molecule has 0 amide bonds. The Morgan fingerprint density at radius 2 is 0.600 bits per heavy atom. The van der Waals surface area contributed by atoms with Crippen molar-refractivity contribution in [2.75, 3.05) is 0 Å². The van der Waals surface area contributed by atoms with Crippen LogP contribution in [-0.4, -0.2) is 46.1 Å². The zero-order valence-electron chi connectivity index (χ0n) is 7.32. The Morgan fingerprint density at radius 3 is 0.600 bits per heavy atom. The van der Waals surface area contributed by atoms with Gasteiger partial charge in [0, 0.05) is 0 Å². The smallest absolute Gasteiger partial charge is 1.00 e. The largest absolute Gasteiger partial charge is 2.00 e. The van der Waals surface area contributed by atoms with Gasteiger partial charge in [0.05, 0.1) is 0 Å². The van der Waals surface area contributed by atoms with E-state index in [1.54, 1.807) is 0 Å². The molecule has 0 aliphatic heterocycles. The van der Waals surface area contributed by atoms with Crippen LogP contribution in [0.2, 0.25) is 0 Å². The van der Waals surface area contributed by atoms with Crippen LogP contribution in [0.15, 0.2) is 0 Å². The zero-order chi connectivity index (χ0) is 5.41. The normalized spacial score (nSPS) is 3.60. The molecule has 0 fully saturated rings. The molecule has 0 saturated carbocycles. The van der Waals surface area contributed by atoms with E-state index < -0.39 is 0 Å². The van der Waals surface area contributed by atoms with E-state index in [0.717, 1.165) is 0 Å². The molecular weight excluding hydrogens is 280 g/mol. The quantitative estimate of drug-likeness (QED) is 0.313. The van der Waals surface area contributed by atoms with Gasteiger partial charge in [0.25, 0.3) is 0 Å². The second-order valence-corrected chi connectivity index (χ2v) is 1.15. The zero-order valence-corrected chi connectivity index (χ0v) is 13.3. The maximum absolute atomic E-state index is 2.00. The molecule has 0 radical (unpaired) electrons. The molecule has 0 aliphatic rings. The number of hydrogen-bond acceptors (Lipinski definition) is 0. The average molecular weight is 295 g/mol. The summed E-state index contributed by atoms with van der Waals surface area (Å²) in [6, 6.07) is 0. The van der Waals surface area contributed by atoms with Crippen LogP contribution in [0.3, 0.4) is 0 Å². The van der Waals surface area contributed by atoms with Crippen LogP contribution in [0, 0.1) is 12.8 Å². The van der Waals surface area contributed by atoms with Crippen molar-refractivity contribution in [3.8, 4) is 0 Å². The van der Waals surface area contributed by atoms with E-state index in [-0.39, 0.29) is 80.1 Å². The van der Waals surface area contributed by atoms with Gasteiger partial charge in [-0.25, -0.2) is 0 Å². The van der Waals surface area contributed by atoms with E-state index in [9.17, 15) is 0 Å². The van der Waals surface area contributed by atoms with Gasteiger partial charge in [-0.15, -0.1) is 0 Å². The fourth-order valence-electron chi connectivity index (χ4n) is 0. The molecular formula is C6H14Br2Mg2. The second kappa shape index (κ2) is 62.7. The summed E-state index contributed by atoms with van der Waals surface area (Å²) in [7, 11) is 0. The molecule has 0 heterocycles. The second-order valence-electron chi connectivity index (χ2n) is 1.15. The van der Waals surface area contributed by atoms with Crippen molar-refractivity contribution in [2.45, 2.75) is 27.7 Å². The van der Waals surface area contributed by atoms with Crippen LogP contribution >= 0.6 is 0 Å². The maximum atomic E-state index is 2.00. The molecule has 0 aromatic rings. The molecule has 56 valence electrons. The summed E-state index contributed by atoms with van der Waals surface area (Å²) in [6.45, 7) is 8.00. The van der Waals surface area contributed by atoms with Gasteiger partial charge in [0.1, 0.15) is 0 Å². The molecule has 0 N–H and O–H groups in total. The number of rotatable bonds is 0. The molecule has 0 saturated heterocycles. The van der Waals surface area contributed by atoms with Gasteiger partial charge in [-0.05, 0) is 0 Å². The minimum Gasteiger partial charge on any atom is -1.00 e. The Labute approximate surface area is 119 Å². The minimum atomic E-state index is 0. The van der Waals surface area contributed by atoms with Crippen LogP contribution < -0.4 is 34.0 Å². The van der Waals surface area contributed by atoms with Crippen LogP contribution in [0.4, 0.5) is 0 Å². The topological polar surface area (TPSA) is 0 Å². The predicted octanol–water partition coefficient (Wildman–Crippen LogP) is -4.29. The van der Waals surface area contributed by atoms with Gasteiger partial charge in [-0.1, -0.05) is 0 Å². The molecule has 0 nitrogen and oxygen atoms in total. The first-order valence-electron chi connectivity index (χ1n) is 2.31. The van der Waals surface area contributed by atoms with E-state index in [0.29, 0.717) is 0 Å². The van der Waals surface area contributed by atoms with Crippen molar-refractivity contribution < 1.29 is 34.0 Å². The van der Waals surface area contributed by atoms with E-state index in [1.165, 1.54) is 0 Å². The SMILES string of the molecule is C[CH-]C.C[CH-]C.[Br-].[Br-].[Mg+2].[Mg+2]. The summed E-state index contributed by atoms with van der Waals surface area (Å²) >= 11 is 0. The van der Waals surface area contributed by atoms with Crippen molar-refractivity contribution in [3.05, 3.63) is 12.8 Å². The van der Waals surface area contributed by atoms with Crippen LogP contribution in [0.5, 0.6) is 0 Å². The monoisotopic (exact) mass is 292 g/mol. The van der Waals surface area contributed by atoms with Gasteiger partial charge in [-0.3, -0.25) is 0 Å². The first-order valence-corrected chi connectivity index (χ1v) is 2.31. The summed E-state index contributed by atoms with van der Waals surface area (Å²) in [4.78, 5) is 0. The number of halogens is 2. The van der Waals surface area contributed by atoms with Crippen molar-refractivity contribution in [2.24, 2.45) is 0 Å². The molecule has 0 bridgehead atoms. The fraction of sp³-hybridized carbons (Fsp3) is 0.667. The third-order valence-electron chi connectivity index (χ3n) is 0. The molecule has 0 rings (SSSR count). The van der Waals surface area contributed by atoms with Crippen LogP contribution in [-0.2, 0) is 0 Å². The summed E-state index contributed by atoms with van der Waals surface area (Å²) in [5.74, 6) is 0. The Balaban J connectivity index is -0.00000000571. The van der Waals surface area contributed by atoms with E-state index in [4.69, 9.17) is 0 Å². The first kappa shape index (κ1) is 39.1. The van der Waals surface area contributed by atoms with Crippen molar-refractivity contribution in [1.82, 2.24) is 0 Å². The summed E-state index contributed by atoms with van der Waals surface area (Å²) < 4.78 is 0. The third kappa shape index (κ3) is 152. The summed E-state index contributed by atoms with van der Waals surface area (Å²) in [5, 5.41) is 0. The van der Waals surface area contributed by atoms with E-state index >= 15 is 0 Å². The van der Waals surface area contributed by atoms with Gasteiger partial charge in [0.15, 0.2) is 0 Å². The molecule has 0 aromatic carbocycles. The number of hydrogen-bond donors (Lipinski definition) is 0. The average Bonchev–Trinajstić information content (AvgIpc) is 1.39. The van der Waals surface area contributed by atoms with Crippen molar-refractivity contribution in [1.29, 1.82) is 0 Å². The molecule has 0 spiro atoms. The molecule has 0 unspecified atom stereocenters. The maximum Gasteiger partial charge on any atom is 2.00 e. The van der Waals surface area contributed by atoms with E-state index in [2.05, 4.69) is 0 Å². The van der Waals surface area contributed by atoms with Gasteiger partial charge < -0.3 is 46.8 Å². The van der Waals surface area contributed by atoms with E-state index in [1.807, 2.05) is 40.5 Å². The predicted molar refractivity (Wildman–Crippen MR) is 42.8 cm³/mol. The molecule has 0 atom stereocenters. The molecule has 10 heavy (non-hydrogen) atoms. The molecule has 4 heteroatoms. The Hall–Kier alpha value is 2.49. The molecule has 0 aromatic heterocycles.